The van der Waals surface area contributed by atoms with Crippen molar-refractivity contribution in [3.63, 3.8) is 0 Å². The summed E-state index contributed by atoms with van der Waals surface area (Å²) < 4.78 is 10.5. The Morgan fingerprint density at radius 1 is 1.31 bits per heavy atom. The predicted molar refractivity (Wildman–Crippen MR) is 94.2 cm³/mol. The van der Waals surface area contributed by atoms with E-state index in [1.54, 1.807) is 23.3 Å². The summed E-state index contributed by atoms with van der Waals surface area (Å²) in [4.78, 5) is 34.2. The van der Waals surface area contributed by atoms with Crippen molar-refractivity contribution >= 4 is 11.8 Å². The van der Waals surface area contributed by atoms with Gasteiger partial charge in [-0.1, -0.05) is 0 Å². The molecule has 0 saturated carbocycles. The molecule has 0 aromatic carbocycles. The summed E-state index contributed by atoms with van der Waals surface area (Å²) in [7, 11) is 0. The monoisotopic (exact) mass is 360 g/mol. The molecule has 2 aromatic heterocycles. The number of aromatic nitrogens is 2. The van der Waals surface area contributed by atoms with E-state index in [1.165, 1.54) is 18.6 Å². The number of carbonyl (C=O) groups excluding carboxylic acids is 2. The highest BCUT2D eigenvalue weighted by molar-refractivity contribution is 5.92. The van der Waals surface area contributed by atoms with E-state index >= 15 is 0 Å². The Labute approximate surface area is 152 Å². The number of carbonyl (C=O) groups is 2. The summed E-state index contributed by atoms with van der Waals surface area (Å²) in [5.74, 6) is 0.291. The minimum absolute atomic E-state index is 0.150. The quantitative estimate of drug-likeness (QED) is 0.612. The van der Waals surface area contributed by atoms with Crippen LogP contribution in [0.15, 0.2) is 41.4 Å². The first-order valence-corrected chi connectivity index (χ1v) is 8.62. The first kappa shape index (κ1) is 19.6. The van der Waals surface area contributed by atoms with Crippen LogP contribution in [-0.2, 0) is 16.1 Å². The molecule has 140 valence electrons. The summed E-state index contributed by atoms with van der Waals surface area (Å²) in [6.07, 6.45) is 6.85. The van der Waals surface area contributed by atoms with E-state index in [-0.39, 0.29) is 23.9 Å². The van der Waals surface area contributed by atoms with Crippen molar-refractivity contribution in [1.82, 2.24) is 20.2 Å². The maximum absolute atomic E-state index is 12.6. The fourth-order valence-corrected chi connectivity index (χ4v) is 2.31. The number of furan rings is 1. The Bertz CT molecular complexity index is 661. The fourth-order valence-electron chi connectivity index (χ4n) is 2.31. The molecule has 0 saturated heterocycles. The number of amides is 2. The fraction of sp³-hybridized carbons (Fsp3) is 0.444. The molecule has 0 fully saturated rings. The maximum atomic E-state index is 12.6. The van der Waals surface area contributed by atoms with E-state index in [1.807, 2.05) is 6.92 Å². The predicted octanol–water partition coefficient (Wildman–Crippen LogP) is 1.64. The summed E-state index contributed by atoms with van der Waals surface area (Å²) in [6.45, 7) is 4.23. The molecule has 8 heteroatoms. The summed E-state index contributed by atoms with van der Waals surface area (Å²) in [5.41, 5.74) is 0.264. The van der Waals surface area contributed by atoms with Gasteiger partial charge in [0.15, 0.2) is 0 Å². The number of ether oxygens (including phenoxy) is 1. The second-order valence-electron chi connectivity index (χ2n) is 5.54. The molecule has 2 amide bonds. The maximum Gasteiger partial charge on any atom is 0.274 e. The van der Waals surface area contributed by atoms with Gasteiger partial charge in [-0.3, -0.25) is 14.6 Å². The van der Waals surface area contributed by atoms with Gasteiger partial charge < -0.3 is 19.4 Å². The van der Waals surface area contributed by atoms with E-state index in [2.05, 4.69) is 15.3 Å². The zero-order valence-corrected chi connectivity index (χ0v) is 14.9. The van der Waals surface area contributed by atoms with E-state index in [4.69, 9.17) is 9.15 Å². The molecule has 2 aromatic rings. The van der Waals surface area contributed by atoms with Gasteiger partial charge in [0.2, 0.25) is 5.91 Å². The average Bonchev–Trinajstić information content (AvgIpc) is 3.19. The third-order valence-electron chi connectivity index (χ3n) is 3.64. The standard InChI is InChI=1S/C18H24N4O4/c1-2-25-11-4-9-22(18(24)16-14-19-7-8-20-16)10-6-17(23)21-13-15-5-3-12-26-15/h3,5,7-8,12,14H,2,4,6,9-11,13H2,1H3,(H,21,23). The largest absolute Gasteiger partial charge is 0.467 e. The van der Waals surface area contributed by atoms with Crippen LogP contribution in [0.5, 0.6) is 0 Å². The average molecular weight is 360 g/mol. The molecule has 0 atom stereocenters. The van der Waals surface area contributed by atoms with Gasteiger partial charge >= 0.3 is 0 Å². The Morgan fingerprint density at radius 3 is 2.88 bits per heavy atom. The normalized spacial score (nSPS) is 10.5. The van der Waals surface area contributed by atoms with Gasteiger partial charge in [0.1, 0.15) is 11.5 Å². The van der Waals surface area contributed by atoms with Crippen molar-refractivity contribution in [3.05, 3.63) is 48.4 Å². The highest BCUT2D eigenvalue weighted by atomic mass is 16.5. The first-order chi connectivity index (χ1) is 12.7. The van der Waals surface area contributed by atoms with Crippen LogP contribution in [0, 0.1) is 0 Å². The number of hydrogen-bond acceptors (Lipinski definition) is 6. The van der Waals surface area contributed by atoms with E-state index in [0.717, 1.165) is 0 Å². The molecule has 0 unspecified atom stereocenters. The summed E-state index contributed by atoms with van der Waals surface area (Å²) in [5, 5.41) is 2.77. The highest BCUT2D eigenvalue weighted by Crippen LogP contribution is 2.04. The lowest BCUT2D eigenvalue weighted by Crippen LogP contribution is -2.36. The second-order valence-corrected chi connectivity index (χ2v) is 5.54. The lowest BCUT2D eigenvalue weighted by molar-refractivity contribution is -0.121. The van der Waals surface area contributed by atoms with Crippen molar-refractivity contribution in [2.24, 2.45) is 0 Å². The number of nitrogens with zero attached hydrogens (tertiary/aromatic N) is 3. The molecule has 8 nitrogen and oxygen atoms in total. The van der Waals surface area contributed by atoms with Gasteiger partial charge in [0.25, 0.3) is 5.91 Å². The third kappa shape index (κ3) is 6.64. The van der Waals surface area contributed by atoms with Crippen molar-refractivity contribution in [1.29, 1.82) is 0 Å². The van der Waals surface area contributed by atoms with Gasteiger partial charge in [0, 0.05) is 45.1 Å². The first-order valence-electron chi connectivity index (χ1n) is 8.62. The summed E-state index contributed by atoms with van der Waals surface area (Å²) >= 11 is 0. The van der Waals surface area contributed by atoms with Crippen molar-refractivity contribution in [2.45, 2.75) is 26.3 Å². The SMILES string of the molecule is CCOCCCN(CCC(=O)NCc1ccco1)C(=O)c1cnccn1. The molecule has 0 bridgehead atoms. The van der Waals surface area contributed by atoms with Crippen LogP contribution in [0.1, 0.15) is 36.0 Å². The van der Waals surface area contributed by atoms with Gasteiger partial charge in [-0.15, -0.1) is 0 Å². The van der Waals surface area contributed by atoms with E-state index in [0.29, 0.717) is 45.0 Å². The Morgan fingerprint density at radius 2 is 2.19 bits per heavy atom. The molecule has 26 heavy (non-hydrogen) atoms. The number of rotatable bonds is 11. The van der Waals surface area contributed by atoms with Gasteiger partial charge in [-0.05, 0) is 25.5 Å². The molecule has 1 N–H and O–H groups in total. The third-order valence-corrected chi connectivity index (χ3v) is 3.64. The van der Waals surface area contributed by atoms with Crippen LogP contribution in [0.4, 0.5) is 0 Å². The number of hydrogen-bond donors (Lipinski definition) is 1. The Kier molecular flexibility index (Phi) is 8.28. The van der Waals surface area contributed by atoms with Crippen LogP contribution in [0.25, 0.3) is 0 Å². The molecule has 0 aliphatic rings. The topological polar surface area (TPSA) is 97.6 Å². The minimum atomic E-state index is -0.242. The van der Waals surface area contributed by atoms with Gasteiger partial charge in [-0.25, -0.2) is 4.98 Å². The molecule has 0 aliphatic carbocycles. The van der Waals surface area contributed by atoms with E-state index < -0.39 is 0 Å². The smallest absolute Gasteiger partial charge is 0.274 e. The van der Waals surface area contributed by atoms with Crippen LogP contribution >= 0.6 is 0 Å². The minimum Gasteiger partial charge on any atom is -0.467 e. The zero-order chi connectivity index (χ0) is 18.6. The molecule has 2 rings (SSSR count). The van der Waals surface area contributed by atoms with Crippen molar-refractivity contribution in [3.8, 4) is 0 Å². The Hall–Kier alpha value is -2.74. The van der Waals surface area contributed by atoms with Crippen LogP contribution in [0.3, 0.4) is 0 Å². The van der Waals surface area contributed by atoms with E-state index in [9.17, 15) is 9.59 Å². The lowest BCUT2D eigenvalue weighted by atomic mass is 10.2. The zero-order valence-electron chi connectivity index (χ0n) is 14.9. The molecule has 0 radical (unpaired) electrons. The van der Waals surface area contributed by atoms with Crippen LogP contribution < -0.4 is 5.32 Å². The second kappa shape index (κ2) is 11.0. The molecular formula is C18H24N4O4. The van der Waals surface area contributed by atoms with Crippen molar-refractivity contribution in [2.75, 3.05) is 26.3 Å². The highest BCUT2D eigenvalue weighted by Gasteiger charge is 2.18. The molecular weight excluding hydrogens is 336 g/mol. The molecule has 2 heterocycles. The van der Waals surface area contributed by atoms with Crippen molar-refractivity contribution < 1.29 is 18.7 Å². The van der Waals surface area contributed by atoms with Gasteiger partial charge in [0.05, 0.1) is 19.0 Å². The van der Waals surface area contributed by atoms with Gasteiger partial charge in [-0.2, -0.15) is 0 Å². The molecule has 0 aliphatic heterocycles. The lowest BCUT2D eigenvalue weighted by Gasteiger charge is -2.22. The molecule has 0 spiro atoms. The Balaban J connectivity index is 1.85. The van der Waals surface area contributed by atoms with Crippen LogP contribution in [0.2, 0.25) is 0 Å². The van der Waals surface area contributed by atoms with Crippen LogP contribution in [-0.4, -0.2) is 53.0 Å². The summed E-state index contributed by atoms with van der Waals surface area (Å²) in [6, 6.07) is 3.55. The number of nitrogens with one attached hydrogen (secondary N) is 1.